The van der Waals surface area contributed by atoms with Gasteiger partial charge < -0.3 is 0 Å². The SMILES string of the molecule is Cc1nc(-c2ncccn2)cc(-c2ncccn2)n1. The molecule has 6 nitrogen and oxygen atoms in total. The van der Waals surface area contributed by atoms with Crippen LogP contribution in [-0.2, 0) is 0 Å². The van der Waals surface area contributed by atoms with Crippen LogP contribution in [0.3, 0.4) is 0 Å². The van der Waals surface area contributed by atoms with Crippen molar-refractivity contribution < 1.29 is 0 Å². The van der Waals surface area contributed by atoms with E-state index in [2.05, 4.69) is 29.9 Å². The van der Waals surface area contributed by atoms with E-state index in [0.717, 1.165) is 0 Å². The Bertz CT molecular complexity index is 626. The van der Waals surface area contributed by atoms with Gasteiger partial charge in [-0.25, -0.2) is 29.9 Å². The Morgan fingerprint density at radius 1 is 0.684 bits per heavy atom. The van der Waals surface area contributed by atoms with E-state index in [4.69, 9.17) is 0 Å². The summed E-state index contributed by atoms with van der Waals surface area (Å²) in [7, 11) is 0. The van der Waals surface area contributed by atoms with E-state index >= 15 is 0 Å². The number of hydrogen-bond acceptors (Lipinski definition) is 6. The zero-order chi connectivity index (χ0) is 13.1. The first-order chi connectivity index (χ1) is 9.33. The molecule has 19 heavy (non-hydrogen) atoms. The molecule has 3 aromatic rings. The summed E-state index contributed by atoms with van der Waals surface area (Å²) < 4.78 is 0. The maximum absolute atomic E-state index is 4.34. The molecule has 0 aliphatic heterocycles. The normalized spacial score (nSPS) is 10.4. The second kappa shape index (κ2) is 4.85. The Balaban J connectivity index is 2.12. The molecule has 92 valence electrons. The lowest BCUT2D eigenvalue weighted by molar-refractivity contribution is 1.02. The fourth-order valence-corrected chi connectivity index (χ4v) is 1.66. The van der Waals surface area contributed by atoms with Crippen LogP contribution >= 0.6 is 0 Å². The van der Waals surface area contributed by atoms with E-state index in [0.29, 0.717) is 28.9 Å². The van der Waals surface area contributed by atoms with Gasteiger partial charge in [0.15, 0.2) is 11.6 Å². The molecule has 6 heteroatoms. The van der Waals surface area contributed by atoms with Crippen molar-refractivity contribution in [2.24, 2.45) is 0 Å². The lowest BCUT2D eigenvalue weighted by Gasteiger charge is -2.03. The van der Waals surface area contributed by atoms with Gasteiger partial charge in [0.05, 0.1) is 0 Å². The molecule has 0 unspecified atom stereocenters. The topological polar surface area (TPSA) is 77.3 Å². The van der Waals surface area contributed by atoms with Crippen LogP contribution in [0.1, 0.15) is 5.82 Å². The molecule has 0 amide bonds. The van der Waals surface area contributed by atoms with E-state index in [9.17, 15) is 0 Å². The largest absolute Gasteiger partial charge is 0.235 e. The molecule has 0 saturated heterocycles. The predicted octanol–water partition coefficient (Wildman–Crippen LogP) is 1.70. The molecular weight excluding hydrogens is 240 g/mol. The van der Waals surface area contributed by atoms with Crippen molar-refractivity contribution >= 4 is 0 Å². The van der Waals surface area contributed by atoms with E-state index in [1.54, 1.807) is 43.0 Å². The summed E-state index contributed by atoms with van der Waals surface area (Å²) in [4.78, 5) is 25.4. The molecule has 3 heterocycles. The third kappa shape index (κ3) is 2.42. The fraction of sp³-hybridized carbons (Fsp3) is 0.0769. The first-order valence-corrected chi connectivity index (χ1v) is 5.73. The van der Waals surface area contributed by atoms with Crippen LogP contribution in [-0.4, -0.2) is 29.9 Å². The molecule has 0 fully saturated rings. The molecule has 0 spiro atoms. The summed E-state index contributed by atoms with van der Waals surface area (Å²) >= 11 is 0. The fourth-order valence-electron chi connectivity index (χ4n) is 1.66. The molecule has 0 aromatic carbocycles. The van der Waals surface area contributed by atoms with Gasteiger partial charge in [0.1, 0.15) is 17.2 Å². The van der Waals surface area contributed by atoms with Crippen molar-refractivity contribution in [3.05, 3.63) is 48.8 Å². The summed E-state index contributed by atoms with van der Waals surface area (Å²) in [5.41, 5.74) is 1.33. The molecule has 3 aromatic heterocycles. The highest BCUT2D eigenvalue weighted by Crippen LogP contribution is 2.17. The van der Waals surface area contributed by atoms with Crippen molar-refractivity contribution in [1.82, 2.24) is 29.9 Å². The summed E-state index contributed by atoms with van der Waals surface area (Å²) in [5, 5.41) is 0. The highest BCUT2D eigenvalue weighted by Gasteiger charge is 2.09. The van der Waals surface area contributed by atoms with E-state index in [1.807, 2.05) is 6.92 Å². The number of aromatic nitrogens is 6. The monoisotopic (exact) mass is 250 g/mol. The average molecular weight is 250 g/mol. The quantitative estimate of drug-likeness (QED) is 0.688. The minimum absolute atomic E-state index is 0.560. The van der Waals surface area contributed by atoms with Gasteiger partial charge in [0.25, 0.3) is 0 Å². The van der Waals surface area contributed by atoms with Gasteiger partial charge in [-0.1, -0.05) is 0 Å². The smallest absolute Gasteiger partial charge is 0.178 e. The highest BCUT2D eigenvalue weighted by atomic mass is 15.0. The molecule has 0 radical (unpaired) electrons. The second-order valence-electron chi connectivity index (χ2n) is 3.83. The van der Waals surface area contributed by atoms with Gasteiger partial charge in [-0.05, 0) is 25.1 Å². The van der Waals surface area contributed by atoms with Crippen molar-refractivity contribution in [2.75, 3.05) is 0 Å². The molecule has 0 aliphatic rings. The maximum Gasteiger partial charge on any atom is 0.178 e. The Hall–Kier alpha value is -2.76. The van der Waals surface area contributed by atoms with Crippen LogP contribution in [0.15, 0.2) is 43.0 Å². The first-order valence-electron chi connectivity index (χ1n) is 5.73. The van der Waals surface area contributed by atoms with Crippen molar-refractivity contribution in [2.45, 2.75) is 6.92 Å². The maximum atomic E-state index is 4.34. The number of rotatable bonds is 2. The van der Waals surface area contributed by atoms with Gasteiger partial charge in [0, 0.05) is 24.8 Å². The van der Waals surface area contributed by atoms with Crippen LogP contribution in [0.4, 0.5) is 0 Å². The zero-order valence-electron chi connectivity index (χ0n) is 10.2. The molecule has 0 aliphatic carbocycles. The van der Waals surface area contributed by atoms with E-state index < -0.39 is 0 Å². The van der Waals surface area contributed by atoms with Crippen LogP contribution in [0.2, 0.25) is 0 Å². The Labute approximate surface area is 109 Å². The summed E-state index contributed by atoms with van der Waals surface area (Å²) in [6.07, 6.45) is 6.72. The third-order valence-corrected chi connectivity index (χ3v) is 2.43. The zero-order valence-corrected chi connectivity index (χ0v) is 10.2. The molecular formula is C13H10N6. The Morgan fingerprint density at radius 3 is 1.53 bits per heavy atom. The van der Waals surface area contributed by atoms with E-state index in [-0.39, 0.29) is 0 Å². The lowest BCUT2D eigenvalue weighted by atomic mass is 10.3. The average Bonchev–Trinajstić information content (AvgIpc) is 2.48. The molecule has 0 N–H and O–H groups in total. The minimum Gasteiger partial charge on any atom is -0.235 e. The van der Waals surface area contributed by atoms with Crippen LogP contribution in [0.25, 0.3) is 23.0 Å². The van der Waals surface area contributed by atoms with Crippen molar-refractivity contribution in [3.8, 4) is 23.0 Å². The van der Waals surface area contributed by atoms with Gasteiger partial charge in [-0.15, -0.1) is 0 Å². The van der Waals surface area contributed by atoms with Gasteiger partial charge in [-0.3, -0.25) is 0 Å². The molecule has 0 atom stereocenters. The summed E-state index contributed by atoms with van der Waals surface area (Å²) in [6, 6.07) is 5.31. The van der Waals surface area contributed by atoms with Crippen molar-refractivity contribution in [1.29, 1.82) is 0 Å². The number of nitrogens with zero attached hydrogens (tertiary/aromatic N) is 6. The Kier molecular flexibility index (Phi) is 2.89. The third-order valence-electron chi connectivity index (χ3n) is 2.43. The highest BCUT2D eigenvalue weighted by molar-refractivity contribution is 5.58. The van der Waals surface area contributed by atoms with Crippen molar-refractivity contribution in [3.63, 3.8) is 0 Å². The Morgan fingerprint density at radius 2 is 1.11 bits per heavy atom. The number of aryl methyl sites for hydroxylation is 1. The standard InChI is InChI=1S/C13H10N6/c1-9-18-10(12-14-4-2-5-15-12)8-11(19-9)13-16-6-3-7-17-13/h2-8H,1H3. The molecule has 3 rings (SSSR count). The lowest BCUT2D eigenvalue weighted by Crippen LogP contribution is -1.99. The van der Waals surface area contributed by atoms with Gasteiger partial charge in [0.2, 0.25) is 0 Å². The minimum atomic E-state index is 0.560. The van der Waals surface area contributed by atoms with Crippen LogP contribution in [0, 0.1) is 6.92 Å². The summed E-state index contributed by atoms with van der Waals surface area (Å²) in [5.74, 6) is 1.75. The second-order valence-corrected chi connectivity index (χ2v) is 3.83. The van der Waals surface area contributed by atoms with Gasteiger partial charge >= 0.3 is 0 Å². The van der Waals surface area contributed by atoms with E-state index in [1.165, 1.54) is 0 Å². The van der Waals surface area contributed by atoms with Gasteiger partial charge in [-0.2, -0.15) is 0 Å². The number of hydrogen-bond donors (Lipinski definition) is 0. The van der Waals surface area contributed by atoms with Crippen LogP contribution < -0.4 is 0 Å². The summed E-state index contributed by atoms with van der Waals surface area (Å²) in [6.45, 7) is 1.82. The molecule has 0 bridgehead atoms. The predicted molar refractivity (Wildman–Crippen MR) is 68.8 cm³/mol. The first kappa shape index (κ1) is 11.3. The molecule has 0 saturated carbocycles. The van der Waals surface area contributed by atoms with Crippen LogP contribution in [0.5, 0.6) is 0 Å².